The van der Waals surface area contributed by atoms with Gasteiger partial charge in [-0.2, -0.15) is 8.42 Å². The SMILES string of the molecule is O=C1CC(CS(=O)(=O)F)CN1c1cccc(Br)c1[N+](=O)[O-]. The number of halogens is 2. The lowest BCUT2D eigenvalue weighted by Gasteiger charge is -2.17. The summed E-state index contributed by atoms with van der Waals surface area (Å²) in [7, 11) is -4.69. The monoisotopic (exact) mass is 380 g/mol. The van der Waals surface area contributed by atoms with Gasteiger partial charge in [-0.1, -0.05) is 6.07 Å². The van der Waals surface area contributed by atoms with Crippen molar-refractivity contribution in [1.82, 2.24) is 0 Å². The highest BCUT2D eigenvalue weighted by atomic mass is 79.9. The molecule has 1 aromatic rings. The minimum absolute atomic E-state index is 0.0677. The molecule has 1 heterocycles. The van der Waals surface area contributed by atoms with Crippen LogP contribution in [0, 0.1) is 16.0 Å². The van der Waals surface area contributed by atoms with E-state index in [-0.39, 0.29) is 28.8 Å². The predicted molar refractivity (Wildman–Crippen MR) is 76.2 cm³/mol. The molecular formula is C11H10BrFN2O5S. The lowest BCUT2D eigenvalue weighted by Crippen LogP contribution is -2.26. The minimum Gasteiger partial charge on any atom is -0.306 e. The van der Waals surface area contributed by atoms with Crippen molar-refractivity contribution in [3.05, 3.63) is 32.8 Å². The first-order valence-electron chi connectivity index (χ1n) is 5.84. The van der Waals surface area contributed by atoms with Gasteiger partial charge in [-0.05, 0) is 28.1 Å². The summed E-state index contributed by atoms with van der Waals surface area (Å²) in [5.74, 6) is -1.95. The maximum atomic E-state index is 12.7. The summed E-state index contributed by atoms with van der Waals surface area (Å²) in [4.78, 5) is 23.5. The maximum Gasteiger partial charge on any atom is 0.307 e. The highest BCUT2D eigenvalue weighted by Crippen LogP contribution is 2.38. The van der Waals surface area contributed by atoms with Crippen LogP contribution in [0.2, 0.25) is 0 Å². The summed E-state index contributed by atoms with van der Waals surface area (Å²) < 4.78 is 34.2. The number of carbonyl (C=O) groups excluding carboxylic acids is 1. The Morgan fingerprint density at radius 1 is 1.48 bits per heavy atom. The van der Waals surface area contributed by atoms with Crippen molar-refractivity contribution in [1.29, 1.82) is 0 Å². The molecule has 10 heteroatoms. The van der Waals surface area contributed by atoms with E-state index >= 15 is 0 Å². The standard InChI is InChI=1S/C11H10BrFN2O5S/c12-8-2-1-3-9(11(8)15(17)18)14-5-7(4-10(14)16)6-21(13,19)20/h1-3,7H,4-6H2. The van der Waals surface area contributed by atoms with Gasteiger partial charge in [-0.15, -0.1) is 3.89 Å². The summed E-state index contributed by atoms with van der Waals surface area (Å²) in [6.45, 7) is -0.0702. The van der Waals surface area contributed by atoms with Crippen LogP contribution in [-0.2, 0) is 15.0 Å². The number of rotatable bonds is 4. The largest absolute Gasteiger partial charge is 0.307 e. The van der Waals surface area contributed by atoms with Crippen LogP contribution in [0.15, 0.2) is 22.7 Å². The zero-order valence-corrected chi connectivity index (χ0v) is 12.9. The lowest BCUT2D eigenvalue weighted by molar-refractivity contribution is -0.384. The number of anilines is 1. The summed E-state index contributed by atoms with van der Waals surface area (Å²) in [5, 5.41) is 11.1. The summed E-state index contributed by atoms with van der Waals surface area (Å²) in [5.41, 5.74) is -0.215. The number of hydrogen-bond donors (Lipinski definition) is 0. The molecule has 2 rings (SSSR count). The molecule has 1 amide bonds. The molecule has 21 heavy (non-hydrogen) atoms. The second-order valence-corrected chi connectivity index (χ2v) is 6.91. The number of hydrogen-bond acceptors (Lipinski definition) is 5. The molecule has 1 fully saturated rings. The van der Waals surface area contributed by atoms with Crippen LogP contribution in [0.3, 0.4) is 0 Å². The first-order valence-corrected chi connectivity index (χ1v) is 8.19. The average molecular weight is 381 g/mol. The third kappa shape index (κ3) is 3.56. The van der Waals surface area contributed by atoms with Crippen molar-refractivity contribution < 1.29 is 22.0 Å². The van der Waals surface area contributed by atoms with Crippen molar-refractivity contribution in [2.45, 2.75) is 6.42 Å². The van der Waals surface area contributed by atoms with E-state index in [4.69, 9.17) is 0 Å². The van der Waals surface area contributed by atoms with Crippen LogP contribution in [0.25, 0.3) is 0 Å². The zero-order valence-electron chi connectivity index (χ0n) is 10.5. The highest BCUT2D eigenvalue weighted by molar-refractivity contribution is 9.10. The van der Waals surface area contributed by atoms with Gasteiger partial charge in [0, 0.05) is 18.9 Å². The Kier molecular flexibility index (Phi) is 4.28. The molecule has 0 bridgehead atoms. The van der Waals surface area contributed by atoms with E-state index in [0.717, 1.165) is 4.90 Å². The number of nitro groups is 1. The molecule has 0 saturated carbocycles. The van der Waals surface area contributed by atoms with E-state index in [2.05, 4.69) is 15.9 Å². The van der Waals surface area contributed by atoms with E-state index in [1.54, 1.807) is 0 Å². The second kappa shape index (κ2) is 5.68. The molecule has 0 aliphatic carbocycles. The fourth-order valence-corrected chi connectivity index (χ4v) is 3.60. The van der Waals surface area contributed by atoms with Crippen molar-refractivity contribution in [2.75, 3.05) is 17.2 Å². The quantitative estimate of drug-likeness (QED) is 0.452. The number of benzene rings is 1. The third-order valence-corrected chi connectivity index (χ3v) is 4.59. The van der Waals surface area contributed by atoms with Gasteiger partial charge in [-0.3, -0.25) is 14.9 Å². The molecule has 1 aliphatic heterocycles. The minimum atomic E-state index is -4.69. The Morgan fingerprint density at radius 3 is 2.71 bits per heavy atom. The van der Waals surface area contributed by atoms with E-state index in [9.17, 15) is 27.2 Å². The molecule has 1 unspecified atom stereocenters. The molecule has 0 radical (unpaired) electrons. The van der Waals surface area contributed by atoms with Gasteiger partial charge in [0.15, 0.2) is 0 Å². The predicted octanol–water partition coefficient (Wildman–Crippen LogP) is 2.01. The smallest absolute Gasteiger partial charge is 0.306 e. The van der Waals surface area contributed by atoms with E-state index in [0.29, 0.717) is 0 Å². The third-order valence-electron chi connectivity index (χ3n) is 3.08. The summed E-state index contributed by atoms with van der Waals surface area (Å²) >= 11 is 3.04. The van der Waals surface area contributed by atoms with Crippen LogP contribution in [0.1, 0.15) is 6.42 Å². The fourth-order valence-electron chi connectivity index (χ4n) is 2.31. The van der Waals surface area contributed by atoms with E-state index < -0.39 is 32.7 Å². The maximum absolute atomic E-state index is 12.7. The summed E-state index contributed by atoms with van der Waals surface area (Å²) in [6.07, 6.45) is -0.160. The van der Waals surface area contributed by atoms with Crippen molar-refractivity contribution >= 4 is 43.4 Å². The summed E-state index contributed by atoms with van der Waals surface area (Å²) in [6, 6.07) is 4.39. The number of nitro benzene ring substituents is 1. The number of nitrogens with zero attached hydrogens (tertiary/aromatic N) is 2. The van der Waals surface area contributed by atoms with Crippen LogP contribution < -0.4 is 4.90 Å². The Morgan fingerprint density at radius 2 is 2.14 bits per heavy atom. The molecular weight excluding hydrogens is 371 g/mol. The van der Waals surface area contributed by atoms with Crippen molar-refractivity contribution in [2.24, 2.45) is 5.92 Å². The van der Waals surface area contributed by atoms with E-state index in [1.165, 1.54) is 18.2 Å². The molecule has 114 valence electrons. The number of amides is 1. The Bertz CT molecular complexity index is 709. The number of para-hydroxylation sites is 1. The first-order chi connectivity index (χ1) is 9.69. The van der Waals surface area contributed by atoms with Gasteiger partial charge in [0.1, 0.15) is 5.69 Å². The van der Waals surface area contributed by atoms with Gasteiger partial charge in [0.2, 0.25) is 5.91 Å². The van der Waals surface area contributed by atoms with Crippen LogP contribution in [0.5, 0.6) is 0 Å². The van der Waals surface area contributed by atoms with Crippen LogP contribution >= 0.6 is 15.9 Å². The van der Waals surface area contributed by atoms with Gasteiger partial charge in [0.05, 0.1) is 15.1 Å². The van der Waals surface area contributed by atoms with Crippen molar-refractivity contribution in [3.8, 4) is 0 Å². The average Bonchev–Trinajstić information content (AvgIpc) is 2.66. The molecule has 7 nitrogen and oxygen atoms in total. The Labute approximate surface area is 128 Å². The fraction of sp³-hybridized carbons (Fsp3) is 0.364. The van der Waals surface area contributed by atoms with Gasteiger partial charge < -0.3 is 4.90 Å². The molecule has 1 saturated heterocycles. The van der Waals surface area contributed by atoms with Crippen molar-refractivity contribution in [3.63, 3.8) is 0 Å². The Balaban J connectivity index is 2.34. The number of carbonyl (C=O) groups is 1. The Hall–Kier alpha value is -1.55. The molecule has 1 aliphatic rings. The van der Waals surface area contributed by atoms with Gasteiger partial charge in [-0.25, -0.2) is 0 Å². The lowest BCUT2D eigenvalue weighted by atomic mass is 10.1. The van der Waals surface area contributed by atoms with Crippen LogP contribution in [0.4, 0.5) is 15.3 Å². The zero-order chi connectivity index (χ0) is 15.8. The molecule has 0 aromatic heterocycles. The topological polar surface area (TPSA) is 97.6 Å². The van der Waals surface area contributed by atoms with Gasteiger partial charge >= 0.3 is 15.9 Å². The molecule has 0 N–H and O–H groups in total. The normalized spacial score (nSPS) is 19.0. The van der Waals surface area contributed by atoms with Gasteiger partial charge in [0.25, 0.3) is 0 Å². The second-order valence-electron chi connectivity index (χ2n) is 4.64. The molecule has 1 atom stereocenters. The molecule has 1 aromatic carbocycles. The van der Waals surface area contributed by atoms with Crippen LogP contribution in [-0.4, -0.2) is 31.5 Å². The first kappa shape index (κ1) is 15.8. The molecule has 0 spiro atoms. The van der Waals surface area contributed by atoms with E-state index in [1.807, 2.05) is 0 Å². The highest BCUT2D eigenvalue weighted by Gasteiger charge is 2.37.